The Morgan fingerprint density at radius 1 is 1.05 bits per heavy atom. The van der Waals surface area contributed by atoms with E-state index < -0.39 is 0 Å². The van der Waals surface area contributed by atoms with Crippen molar-refractivity contribution in [2.75, 3.05) is 11.9 Å². The lowest BCUT2D eigenvalue weighted by molar-refractivity contribution is -0.118. The fourth-order valence-corrected chi connectivity index (χ4v) is 2.23. The van der Waals surface area contributed by atoms with Crippen molar-refractivity contribution in [3.8, 4) is 5.75 Å². The quantitative estimate of drug-likeness (QED) is 0.890. The highest BCUT2D eigenvalue weighted by atomic mass is 79.9. The van der Waals surface area contributed by atoms with Crippen molar-refractivity contribution in [2.45, 2.75) is 20.8 Å². The molecule has 0 bridgehead atoms. The molecule has 0 aliphatic carbocycles. The second-order valence-electron chi connectivity index (χ2n) is 5.05. The van der Waals surface area contributed by atoms with Gasteiger partial charge < -0.3 is 10.1 Å². The third kappa shape index (κ3) is 4.33. The first kappa shape index (κ1) is 15.6. The van der Waals surface area contributed by atoms with Gasteiger partial charge in [0, 0.05) is 10.2 Å². The van der Waals surface area contributed by atoms with Gasteiger partial charge >= 0.3 is 0 Å². The second kappa shape index (κ2) is 6.76. The standard InChI is InChI=1S/C17H18BrNO2/c1-11-8-13(3)16(9-12(11)2)21-10-17(20)19-15-6-4-14(18)5-7-15/h4-9H,10H2,1-3H3,(H,19,20). The largest absolute Gasteiger partial charge is 0.483 e. The molecule has 1 amide bonds. The van der Waals surface area contributed by atoms with E-state index >= 15 is 0 Å². The van der Waals surface area contributed by atoms with Crippen molar-refractivity contribution < 1.29 is 9.53 Å². The number of nitrogens with one attached hydrogen (secondary N) is 1. The number of carbonyl (C=O) groups excluding carboxylic acids is 1. The Hall–Kier alpha value is -1.81. The van der Waals surface area contributed by atoms with Gasteiger partial charge in [-0.15, -0.1) is 0 Å². The number of amides is 1. The van der Waals surface area contributed by atoms with E-state index in [9.17, 15) is 4.79 Å². The normalized spacial score (nSPS) is 10.3. The summed E-state index contributed by atoms with van der Waals surface area (Å²) in [6, 6.07) is 11.5. The van der Waals surface area contributed by atoms with Gasteiger partial charge in [0.1, 0.15) is 5.75 Å². The van der Waals surface area contributed by atoms with Gasteiger partial charge in [0.05, 0.1) is 0 Å². The molecule has 0 saturated carbocycles. The summed E-state index contributed by atoms with van der Waals surface area (Å²) < 4.78 is 6.58. The van der Waals surface area contributed by atoms with Crippen LogP contribution in [0, 0.1) is 20.8 Å². The molecule has 0 aliphatic rings. The lowest BCUT2D eigenvalue weighted by Crippen LogP contribution is -2.20. The summed E-state index contributed by atoms with van der Waals surface area (Å²) in [5.41, 5.74) is 4.17. The smallest absolute Gasteiger partial charge is 0.262 e. The number of hydrogen-bond acceptors (Lipinski definition) is 2. The van der Waals surface area contributed by atoms with Crippen molar-refractivity contribution >= 4 is 27.5 Å². The third-order valence-electron chi connectivity index (χ3n) is 3.28. The molecule has 0 unspecified atom stereocenters. The van der Waals surface area contributed by atoms with Crippen molar-refractivity contribution in [1.29, 1.82) is 0 Å². The number of anilines is 1. The molecular weight excluding hydrogens is 330 g/mol. The van der Waals surface area contributed by atoms with Crippen LogP contribution in [0.2, 0.25) is 0 Å². The van der Waals surface area contributed by atoms with Gasteiger partial charge in [0.25, 0.3) is 5.91 Å². The molecule has 3 nitrogen and oxygen atoms in total. The third-order valence-corrected chi connectivity index (χ3v) is 3.81. The zero-order valence-corrected chi connectivity index (χ0v) is 14.0. The molecule has 21 heavy (non-hydrogen) atoms. The molecule has 0 fully saturated rings. The molecule has 0 radical (unpaired) electrons. The monoisotopic (exact) mass is 347 g/mol. The summed E-state index contributed by atoms with van der Waals surface area (Å²) in [6.07, 6.45) is 0. The zero-order chi connectivity index (χ0) is 15.4. The first-order chi connectivity index (χ1) is 9.95. The molecule has 110 valence electrons. The van der Waals surface area contributed by atoms with Crippen molar-refractivity contribution in [3.05, 3.63) is 57.6 Å². The van der Waals surface area contributed by atoms with E-state index in [2.05, 4.69) is 34.2 Å². The number of aryl methyl sites for hydroxylation is 3. The van der Waals surface area contributed by atoms with Crippen LogP contribution in [0.15, 0.2) is 40.9 Å². The Labute approximate surface area is 133 Å². The zero-order valence-electron chi connectivity index (χ0n) is 12.4. The molecule has 2 rings (SSSR count). The molecule has 0 atom stereocenters. The van der Waals surface area contributed by atoms with Crippen LogP contribution in [0.5, 0.6) is 5.75 Å². The maximum atomic E-state index is 11.9. The van der Waals surface area contributed by atoms with Gasteiger partial charge in [-0.3, -0.25) is 4.79 Å². The predicted octanol–water partition coefficient (Wildman–Crippen LogP) is 4.39. The predicted molar refractivity (Wildman–Crippen MR) is 88.9 cm³/mol. The van der Waals surface area contributed by atoms with Gasteiger partial charge in [-0.25, -0.2) is 0 Å². The Bertz CT molecular complexity index is 651. The minimum Gasteiger partial charge on any atom is -0.483 e. The SMILES string of the molecule is Cc1cc(C)c(OCC(=O)Nc2ccc(Br)cc2)cc1C. The van der Waals surface area contributed by atoms with Gasteiger partial charge in [0.15, 0.2) is 6.61 Å². The molecule has 4 heteroatoms. The van der Waals surface area contributed by atoms with Crippen molar-refractivity contribution in [1.82, 2.24) is 0 Å². The molecule has 0 spiro atoms. The first-order valence-corrected chi connectivity index (χ1v) is 7.51. The average molecular weight is 348 g/mol. The van der Waals surface area contributed by atoms with Crippen LogP contribution < -0.4 is 10.1 Å². The molecule has 0 heterocycles. The highest BCUT2D eigenvalue weighted by Crippen LogP contribution is 2.22. The Balaban J connectivity index is 1.95. The fraction of sp³-hybridized carbons (Fsp3) is 0.235. The molecule has 0 aliphatic heterocycles. The maximum Gasteiger partial charge on any atom is 0.262 e. The van der Waals surface area contributed by atoms with Crippen LogP contribution in [0.3, 0.4) is 0 Å². The molecule has 2 aromatic rings. The number of benzene rings is 2. The molecule has 1 N–H and O–H groups in total. The van der Waals surface area contributed by atoms with Crippen LogP contribution in [0.4, 0.5) is 5.69 Å². The van der Waals surface area contributed by atoms with Gasteiger partial charge in [0.2, 0.25) is 0 Å². The van der Waals surface area contributed by atoms with Gasteiger partial charge in [-0.05, 0) is 67.8 Å². The minimum atomic E-state index is -0.171. The fourth-order valence-electron chi connectivity index (χ4n) is 1.96. The summed E-state index contributed by atoms with van der Waals surface area (Å²) in [5, 5.41) is 2.80. The van der Waals surface area contributed by atoms with Gasteiger partial charge in [-0.2, -0.15) is 0 Å². The molecule has 0 aromatic heterocycles. The van der Waals surface area contributed by atoms with Gasteiger partial charge in [-0.1, -0.05) is 22.0 Å². The van der Waals surface area contributed by atoms with E-state index in [1.807, 2.05) is 44.2 Å². The molecular formula is C17H18BrNO2. The highest BCUT2D eigenvalue weighted by molar-refractivity contribution is 9.10. The van der Waals surface area contributed by atoms with Crippen LogP contribution in [0.1, 0.15) is 16.7 Å². The summed E-state index contributed by atoms with van der Waals surface area (Å²) in [4.78, 5) is 11.9. The lowest BCUT2D eigenvalue weighted by atomic mass is 10.1. The van der Waals surface area contributed by atoms with Crippen molar-refractivity contribution in [3.63, 3.8) is 0 Å². The Morgan fingerprint density at radius 2 is 1.67 bits per heavy atom. The van der Waals surface area contributed by atoms with E-state index in [-0.39, 0.29) is 12.5 Å². The maximum absolute atomic E-state index is 11.9. The Morgan fingerprint density at radius 3 is 2.33 bits per heavy atom. The van der Waals surface area contributed by atoms with Crippen LogP contribution in [-0.2, 0) is 4.79 Å². The molecule has 2 aromatic carbocycles. The Kier molecular flexibility index (Phi) is 5.02. The van der Waals surface area contributed by atoms with Crippen LogP contribution in [-0.4, -0.2) is 12.5 Å². The number of carbonyl (C=O) groups is 1. The van der Waals surface area contributed by atoms with Crippen molar-refractivity contribution in [2.24, 2.45) is 0 Å². The number of hydrogen-bond donors (Lipinski definition) is 1. The van der Waals surface area contributed by atoms with E-state index in [4.69, 9.17) is 4.74 Å². The summed E-state index contributed by atoms with van der Waals surface area (Å²) in [5.74, 6) is 0.582. The lowest BCUT2D eigenvalue weighted by Gasteiger charge is -2.12. The van der Waals surface area contributed by atoms with E-state index in [0.29, 0.717) is 0 Å². The topological polar surface area (TPSA) is 38.3 Å². The summed E-state index contributed by atoms with van der Waals surface area (Å²) in [7, 11) is 0. The van der Waals surface area contributed by atoms with E-state index in [1.165, 1.54) is 5.56 Å². The highest BCUT2D eigenvalue weighted by Gasteiger charge is 2.07. The minimum absolute atomic E-state index is 0.000590. The number of rotatable bonds is 4. The second-order valence-corrected chi connectivity index (χ2v) is 5.96. The average Bonchev–Trinajstić information content (AvgIpc) is 2.44. The van der Waals surface area contributed by atoms with Crippen LogP contribution in [0.25, 0.3) is 0 Å². The summed E-state index contributed by atoms with van der Waals surface area (Å²) in [6.45, 7) is 6.07. The number of halogens is 1. The van der Waals surface area contributed by atoms with Crippen LogP contribution >= 0.6 is 15.9 Å². The number of ether oxygens (including phenoxy) is 1. The van der Waals surface area contributed by atoms with E-state index in [1.54, 1.807) is 0 Å². The first-order valence-electron chi connectivity index (χ1n) is 6.72. The molecule has 0 saturated heterocycles. The van der Waals surface area contributed by atoms with E-state index in [0.717, 1.165) is 27.0 Å². The summed E-state index contributed by atoms with van der Waals surface area (Å²) >= 11 is 3.36.